The number of nitrogens with zero attached hydrogens (tertiary/aromatic N) is 6. The van der Waals surface area contributed by atoms with E-state index in [4.69, 9.17) is 19.2 Å². The highest BCUT2D eigenvalue weighted by Crippen LogP contribution is 2.46. The fourth-order valence-electron chi connectivity index (χ4n) is 6.15. The maximum atomic E-state index is 13.7. The number of nitriles is 2. The average molecular weight is 688 g/mol. The van der Waals surface area contributed by atoms with Crippen molar-refractivity contribution in [2.24, 2.45) is 0 Å². The summed E-state index contributed by atoms with van der Waals surface area (Å²) in [4.78, 5) is 39.3. The molecule has 0 aliphatic carbocycles. The molecule has 0 fully saturated rings. The Kier molecular flexibility index (Phi) is 10.2. The predicted molar refractivity (Wildman–Crippen MR) is 193 cm³/mol. The quantitative estimate of drug-likeness (QED) is 0.194. The molecule has 1 N–H and O–H groups in total. The number of hydrogen-bond donors (Lipinski definition) is 1. The summed E-state index contributed by atoms with van der Waals surface area (Å²) in [6, 6.07) is 20.5. The van der Waals surface area contributed by atoms with Crippen LogP contribution in [-0.4, -0.2) is 59.8 Å². The van der Waals surface area contributed by atoms with Gasteiger partial charge in [-0.05, 0) is 81.3 Å². The number of rotatable bonds is 9. The predicted octanol–water partition coefficient (Wildman–Crippen LogP) is 7.02. The molecular weight excluding hydrogens is 646 g/mol. The number of carbonyl (C=O) groups is 2. The highest BCUT2D eigenvalue weighted by Gasteiger charge is 2.46. The summed E-state index contributed by atoms with van der Waals surface area (Å²) in [6.07, 6.45) is 1.02. The Balaban J connectivity index is 1.59. The lowest BCUT2D eigenvalue weighted by molar-refractivity contribution is -0.130. The zero-order valence-electron chi connectivity index (χ0n) is 30.1. The molecular formula is C39H41N7O5. The van der Waals surface area contributed by atoms with Crippen molar-refractivity contribution in [3.63, 3.8) is 0 Å². The number of carbonyl (C=O) groups excluding carboxylic acids is 2. The van der Waals surface area contributed by atoms with Crippen LogP contribution < -0.4 is 19.7 Å². The van der Waals surface area contributed by atoms with Crippen LogP contribution in [0.3, 0.4) is 0 Å². The van der Waals surface area contributed by atoms with E-state index < -0.39 is 17.1 Å². The Bertz CT molecular complexity index is 2080. The molecule has 0 spiro atoms. The molecule has 2 heterocycles. The Morgan fingerprint density at radius 2 is 1.80 bits per heavy atom. The zero-order valence-corrected chi connectivity index (χ0v) is 30.1. The summed E-state index contributed by atoms with van der Waals surface area (Å²) in [6.45, 7) is 11.3. The van der Waals surface area contributed by atoms with E-state index in [9.17, 15) is 20.1 Å². The molecule has 0 saturated carbocycles. The van der Waals surface area contributed by atoms with Gasteiger partial charge in [0, 0.05) is 61.1 Å². The minimum absolute atomic E-state index is 0.157. The maximum Gasteiger partial charge on any atom is 0.414 e. The first kappa shape index (κ1) is 36.1. The fraction of sp³-hybridized carbons (Fsp3) is 0.333. The Hall–Kier alpha value is -6.14. The molecule has 262 valence electrons. The first-order valence-electron chi connectivity index (χ1n) is 16.4. The molecule has 51 heavy (non-hydrogen) atoms. The Labute approximate surface area is 298 Å². The minimum Gasteiger partial charge on any atom is -0.497 e. The average Bonchev–Trinajstić information content (AvgIpc) is 3.40. The summed E-state index contributed by atoms with van der Waals surface area (Å²) < 4.78 is 16.8. The first-order chi connectivity index (χ1) is 24.2. The van der Waals surface area contributed by atoms with Crippen molar-refractivity contribution in [2.75, 3.05) is 37.5 Å². The topological polar surface area (TPSA) is 154 Å². The monoisotopic (exact) mass is 687 g/mol. The summed E-state index contributed by atoms with van der Waals surface area (Å²) in [5, 5.41) is 23.1. The van der Waals surface area contributed by atoms with E-state index in [1.165, 1.54) is 11.8 Å². The lowest BCUT2D eigenvalue weighted by Crippen LogP contribution is -2.45. The Morgan fingerprint density at radius 3 is 2.45 bits per heavy atom. The number of fused-ring (bicyclic) bond motifs is 1. The van der Waals surface area contributed by atoms with Crippen molar-refractivity contribution < 1.29 is 23.8 Å². The van der Waals surface area contributed by atoms with E-state index in [0.717, 1.165) is 11.1 Å². The highest BCUT2D eigenvalue weighted by molar-refractivity contribution is 5.95. The number of hydrogen-bond acceptors (Lipinski definition) is 10. The van der Waals surface area contributed by atoms with Gasteiger partial charge in [-0.25, -0.2) is 14.8 Å². The molecule has 0 bridgehead atoms. The molecule has 3 aromatic carbocycles. The second kappa shape index (κ2) is 14.4. The number of anilines is 3. The van der Waals surface area contributed by atoms with Crippen molar-refractivity contribution in [1.82, 2.24) is 14.9 Å². The fourth-order valence-corrected chi connectivity index (χ4v) is 6.15. The van der Waals surface area contributed by atoms with E-state index in [0.29, 0.717) is 51.2 Å². The molecule has 1 atom stereocenters. The first-order valence-corrected chi connectivity index (χ1v) is 16.4. The van der Waals surface area contributed by atoms with Crippen molar-refractivity contribution in [3.05, 3.63) is 88.6 Å². The molecule has 0 saturated heterocycles. The van der Waals surface area contributed by atoms with Gasteiger partial charge in [0.15, 0.2) is 0 Å². The largest absolute Gasteiger partial charge is 0.497 e. The highest BCUT2D eigenvalue weighted by atomic mass is 16.6. The number of benzene rings is 3. The van der Waals surface area contributed by atoms with Gasteiger partial charge in [-0.3, -0.25) is 9.69 Å². The smallest absolute Gasteiger partial charge is 0.414 e. The van der Waals surface area contributed by atoms with Crippen LogP contribution in [-0.2, 0) is 21.5 Å². The third kappa shape index (κ3) is 7.86. The van der Waals surface area contributed by atoms with E-state index in [1.54, 1.807) is 76.4 Å². The normalized spacial score (nSPS) is 14.9. The number of amides is 2. The number of ether oxygens (including phenoxy) is 3. The van der Waals surface area contributed by atoms with Crippen LogP contribution in [0.15, 0.2) is 60.8 Å². The molecule has 12 nitrogen and oxygen atoms in total. The van der Waals surface area contributed by atoms with Gasteiger partial charge in [0.25, 0.3) is 0 Å². The van der Waals surface area contributed by atoms with Crippen LogP contribution in [0.2, 0.25) is 0 Å². The van der Waals surface area contributed by atoms with Gasteiger partial charge in [0.2, 0.25) is 11.9 Å². The summed E-state index contributed by atoms with van der Waals surface area (Å²) in [5.74, 6) is 1.33. The zero-order chi connectivity index (χ0) is 37.1. The van der Waals surface area contributed by atoms with Gasteiger partial charge >= 0.3 is 6.09 Å². The third-order valence-electron chi connectivity index (χ3n) is 8.68. The summed E-state index contributed by atoms with van der Waals surface area (Å²) in [5.41, 5.74) is 3.81. The molecule has 1 aliphatic rings. The minimum atomic E-state index is -0.831. The lowest BCUT2D eigenvalue weighted by Gasteiger charge is -2.33. The van der Waals surface area contributed by atoms with Gasteiger partial charge in [-0.1, -0.05) is 13.0 Å². The molecule has 1 aromatic heterocycles. The van der Waals surface area contributed by atoms with Crippen molar-refractivity contribution >= 4 is 29.3 Å². The van der Waals surface area contributed by atoms with Crippen LogP contribution in [0.5, 0.6) is 11.5 Å². The van der Waals surface area contributed by atoms with Crippen LogP contribution in [0.1, 0.15) is 62.4 Å². The number of nitrogens with one attached hydrogen (secondary N) is 1. The second-order valence-corrected chi connectivity index (χ2v) is 13.7. The molecule has 12 heteroatoms. The van der Waals surface area contributed by atoms with Crippen LogP contribution in [0, 0.1) is 29.6 Å². The van der Waals surface area contributed by atoms with Gasteiger partial charge in [0.1, 0.15) is 23.2 Å². The van der Waals surface area contributed by atoms with Crippen LogP contribution in [0.4, 0.5) is 22.1 Å². The lowest BCUT2D eigenvalue weighted by atomic mass is 9.82. The van der Waals surface area contributed by atoms with E-state index in [2.05, 4.69) is 22.4 Å². The Morgan fingerprint density at radius 1 is 1.04 bits per heavy atom. The van der Waals surface area contributed by atoms with Gasteiger partial charge in [0.05, 0.1) is 42.8 Å². The van der Waals surface area contributed by atoms with E-state index in [1.807, 2.05) is 38.1 Å². The molecule has 2 amide bonds. The van der Waals surface area contributed by atoms with E-state index >= 15 is 0 Å². The maximum absolute atomic E-state index is 13.7. The van der Waals surface area contributed by atoms with Crippen molar-refractivity contribution in [1.29, 1.82) is 10.5 Å². The molecule has 5 rings (SSSR count). The number of aromatic nitrogens is 2. The van der Waals surface area contributed by atoms with Crippen molar-refractivity contribution in [3.8, 4) is 34.9 Å². The number of aryl methyl sites for hydroxylation is 1. The van der Waals surface area contributed by atoms with E-state index in [-0.39, 0.29) is 31.1 Å². The SMILES string of the molecule is COc1ccc(CN(C[C@@]2(C)CN(C(=O)OC(C)(C)C)c3c(C#N)cc(-c4ccnc(Nc5cc(C#N)ccc5C)n4)cc32)C(C)=O)c(OC)c1. The van der Waals surface area contributed by atoms with Crippen LogP contribution in [0.25, 0.3) is 11.3 Å². The van der Waals surface area contributed by atoms with Gasteiger partial charge < -0.3 is 24.4 Å². The molecule has 4 aromatic rings. The van der Waals surface area contributed by atoms with Crippen molar-refractivity contribution in [2.45, 2.75) is 59.1 Å². The standard InChI is InChI=1S/C39H41N7O5/c1-24-9-10-26(19-40)15-33(24)44-36-42-14-13-32(43-36)28-16-29(20-41)35-31(17-28)39(6,23-46(35)37(48)51-38(3,4)5)22-45(25(2)47)21-27-11-12-30(49-7)18-34(27)50-8/h9-18H,21-23H2,1-8H3,(H,42,43,44)/t39-/m0/s1. The number of methoxy groups -OCH3 is 2. The molecule has 0 unspecified atom stereocenters. The third-order valence-corrected chi connectivity index (χ3v) is 8.68. The van der Waals surface area contributed by atoms with Gasteiger partial charge in [-0.2, -0.15) is 10.5 Å². The molecule has 0 radical (unpaired) electrons. The second-order valence-electron chi connectivity index (χ2n) is 13.7. The van der Waals surface area contributed by atoms with Crippen LogP contribution >= 0.6 is 0 Å². The summed E-state index contributed by atoms with van der Waals surface area (Å²) in [7, 11) is 3.14. The molecule has 1 aliphatic heterocycles. The van der Waals surface area contributed by atoms with Gasteiger partial charge in [-0.15, -0.1) is 0 Å². The summed E-state index contributed by atoms with van der Waals surface area (Å²) >= 11 is 0.